The molecule has 1 aliphatic heterocycles. The largest absolute Gasteiger partial charge is 0.497 e. The zero-order valence-electron chi connectivity index (χ0n) is 8.71. The first-order chi connectivity index (χ1) is 7.30. The van der Waals surface area contributed by atoms with E-state index in [0.717, 1.165) is 17.7 Å². The molecule has 15 heavy (non-hydrogen) atoms. The Bertz CT molecular complexity index is 384. The topological polar surface area (TPSA) is 58.7 Å². The molecule has 0 N–H and O–H groups in total. The third kappa shape index (κ3) is 1.60. The molecule has 5 nitrogen and oxygen atoms in total. The van der Waals surface area contributed by atoms with Crippen LogP contribution >= 0.6 is 0 Å². The van der Waals surface area contributed by atoms with Gasteiger partial charge in [0.05, 0.1) is 7.11 Å². The van der Waals surface area contributed by atoms with E-state index in [9.17, 15) is 0 Å². The van der Waals surface area contributed by atoms with E-state index in [2.05, 4.69) is 20.7 Å². The summed E-state index contributed by atoms with van der Waals surface area (Å²) in [5.41, 5.74) is 0.363. The van der Waals surface area contributed by atoms with Crippen molar-refractivity contribution >= 4 is 0 Å². The van der Waals surface area contributed by atoms with Gasteiger partial charge in [-0.05, 0) is 29.0 Å². The fraction of sp³-hybridized carbons (Fsp3) is 0.400. The van der Waals surface area contributed by atoms with E-state index >= 15 is 0 Å². The van der Waals surface area contributed by atoms with Crippen molar-refractivity contribution in [3.8, 4) is 5.75 Å². The number of benzene rings is 1. The molecule has 0 amide bonds. The molecular formula is C10H12N4O. The number of nitrogens with zero attached hydrogens (tertiary/aromatic N) is 4. The highest BCUT2D eigenvalue weighted by atomic mass is 16.5. The number of hydrogen-bond donors (Lipinski definition) is 0. The van der Waals surface area contributed by atoms with Gasteiger partial charge in [-0.15, -0.1) is 10.2 Å². The maximum absolute atomic E-state index is 5.09. The highest BCUT2D eigenvalue weighted by Crippen LogP contribution is 2.35. The first kappa shape index (κ1) is 9.76. The van der Waals surface area contributed by atoms with E-state index in [1.807, 2.05) is 31.2 Å². The summed E-state index contributed by atoms with van der Waals surface area (Å²) in [6.45, 7) is 2.01. The van der Waals surface area contributed by atoms with Crippen molar-refractivity contribution < 1.29 is 4.74 Å². The molecule has 0 aliphatic carbocycles. The summed E-state index contributed by atoms with van der Waals surface area (Å²) in [6.07, 6.45) is 0.742. The molecule has 0 radical (unpaired) electrons. The Morgan fingerprint density at radius 2 is 1.73 bits per heavy atom. The fourth-order valence-corrected chi connectivity index (χ4v) is 1.53. The lowest BCUT2D eigenvalue weighted by atomic mass is 9.98. The SMILES string of the molecule is CCC1(c2ccc(OC)cc2)N=NN=N1. The van der Waals surface area contributed by atoms with Crippen molar-refractivity contribution in [3.05, 3.63) is 29.8 Å². The molecule has 5 heteroatoms. The lowest BCUT2D eigenvalue weighted by Crippen LogP contribution is -2.16. The summed E-state index contributed by atoms with van der Waals surface area (Å²) in [5, 5.41) is 15.3. The van der Waals surface area contributed by atoms with Crippen molar-refractivity contribution in [1.82, 2.24) is 0 Å². The van der Waals surface area contributed by atoms with Crippen LogP contribution in [0.15, 0.2) is 44.9 Å². The normalized spacial score (nSPS) is 16.9. The molecular weight excluding hydrogens is 192 g/mol. The van der Waals surface area contributed by atoms with Crippen LogP contribution in [0.5, 0.6) is 5.75 Å². The average Bonchev–Trinajstić information content (AvgIpc) is 2.79. The smallest absolute Gasteiger partial charge is 0.219 e. The first-order valence-corrected chi connectivity index (χ1v) is 4.79. The Hall–Kier alpha value is -1.78. The van der Waals surface area contributed by atoms with Crippen LogP contribution in [0.25, 0.3) is 0 Å². The summed E-state index contributed by atoms with van der Waals surface area (Å²) in [4.78, 5) is 0. The molecule has 78 valence electrons. The van der Waals surface area contributed by atoms with Gasteiger partial charge in [0.2, 0.25) is 5.66 Å². The molecule has 1 heterocycles. The molecule has 0 saturated heterocycles. The Balaban J connectivity index is 2.36. The molecule has 0 aromatic heterocycles. The minimum absolute atomic E-state index is 0.619. The predicted octanol–water partition coefficient (Wildman–Crippen LogP) is 3.09. The van der Waals surface area contributed by atoms with Gasteiger partial charge < -0.3 is 4.74 Å². The number of hydrogen-bond acceptors (Lipinski definition) is 5. The molecule has 1 aliphatic rings. The monoisotopic (exact) mass is 204 g/mol. The number of ether oxygens (including phenoxy) is 1. The lowest BCUT2D eigenvalue weighted by molar-refractivity contribution is 0.412. The quantitative estimate of drug-likeness (QED) is 0.746. The Morgan fingerprint density at radius 3 is 2.20 bits per heavy atom. The third-order valence-electron chi connectivity index (χ3n) is 2.51. The minimum atomic E-state index is -0.619. The van der Waals surface area contributed by atoms with Gasteiger partial charge in [0.1, 0.15) is 5.75 Å². The van der Waals surface area contributed by atoms with Gasteiger partial charge in [0.25, 0.3) is 0 Å². The Labute approximate surface area is 87.9 Å². The van der Waals surface area contributed by atoms with Crippen LogP contribution in [-0.2, 0) is 5.66 Å². The van der Waals surface area contributed by atoms with Crippen LogP contribution in [-0.4, -0.2) is 7.11 Å². The number of rotatable bonds is 3. The van der Waals surface area contributed by atoms with Crippen LogP contribution < -0.4 is 4.74 Å². The van der Waals surface area contributed by atoms with Crippen molar-refractivity contribution in [2.45, 2.75) is 19.0 Å². The van der Waals surface area contributed by atoms with E-state index in [0.29, 0.717) is 0 Å². The van der Waals surface area contributed by atoms with Crippen LogP contribution in [0.4, 0.5) is 0 Å². The maximum atomic E-state index is 5.09. The minimum Gasteiger partial charge on any atom is -0.497 e. The van der Waals surface area contributed by atoms with Crippen molar-refractivity contribution in [3.63, 3.8) is 0 Å². The summed E-state index contributed by atoms with van der Waals surface area (Å²) in [7, 11) is 1.64. The highest BCUT2D eigenvalue weighted by molar-refractivity contribution is 5.31. The molecule has 1 aromatic carbocycles. The molecule has 2 rings (SSSR count). The molecule has 0 fully saturated rings. The van der Waals surface area contributed by atoms with Gasteiger partial charge in [-0.25, -0.2) is 0 Å². The second-order valence-corrected chi connectivity index (χ2v) is 3.28. The van der Waals surface area contributed by atoms with Crippen LogP contribution in [0.2, 0.25) is 0 Å². The van der Waals surface area contributed by atoms with Gasteiger partial charge in [0.15, 0.2) is 0 Å². The fourth-order valence-electron chi connectivity index (χ4n) is 1.53. The molecule has 0 saturated carbocycles. The predicted molar refractivity (Wildman–Crippen MR) is 54.7 cm³/mol. The second kappa shape index (κ2) is 3.76. The third-order valence-corrected chi connectivity index (χ3v) is 2.51. The first-order valence-electron chi connectivity index (χ1n) is 4.79. The molecule has 0 bridgehead atoms. The molecule has 1 aromatic rings. The van der Waals surface area contributed by atoms with E-state index in [4.69, 9.17) is 4.74 Å². The average molecular weight is 204 g/mol. The van der Waals surface area contributed by atoms with Gasteiger partial charge in [-0.3, -0.25) is 0 Å². The summed E-state index contributed by atoms with van der Waals surface area (Å²) in [5.74, 6) is 0.817. The second-order valence-electron chi connectivity index (χ2n) is 3.28. The van der Waals surface area contributed by atoms with Gasteiger partial charge in [-0.1, -0.05) is 19.1 Å². The molecule has 0 spiro atoms. The maximum Gasteiger partial charge on any atom is 0.219 e. The highest BCUT2D eigenvalue weighted by Gasteiger charge is 2.33. The van der Waals surface area contributed by atoms with E-state index < -0.39 is 5.66 Å². The zero-order chi connectivity index (χ0) is 10.7. The van der Waals surface area contributed by atoms with Gasteiger partial charge >= 0.3 is 0 Å². The standard InChI is InChI=1S/C10H12N4O/c1-3-10(11-13-14-12-10)8-4-6-9(15-2)7-5-8/h4-7H,3H2,1-2H3. The van der Waals surface area contributed by atoms with Gasteiger partial charge in [0, 0.05) is 5.56 Å². The summed E-state index contributed by atoms with van der Waals surface area (Å²) >= 11 is 0. The van der Waals surface area contributed by atoms with E-state index in [1.165, 1.54) is 0 Å². The number of methoxy groups -OCH3 is 1. The summed E-state index contributed by atoms with van der Waals surface area (Å²) in [6, 6.07) is 7.64. The molecule has 0 atom stereocenters. The van der Waals surface area contributed by atoms with E-state index in [-0.39, 0.29) is 0 Å². The summed E-state index contributed by atoms with van der Waals surface area (Å²) < 4.78 is 5.09. The zero-order valence-corrected chi connectivity index (χ0v) is 8.71. The van der Waals surface area contributed by atoms with Crippen LogP contribution in [0.1, 0.15) is 18.9 Å². The Kier molecular flexibility index (Phi) is 2.45. The van der Waals surface area contributed by atoms with Crippen LogP contribution in [0, 0.1) is 0 Å². The van der Waals surface area contributed by atoms with Crippen molar-refractivity contribution in [1.29, 1.82) is 0 Å². The Morgan fingerprint density at radius 1 is 1.13 bits per heavy atom. The van der Waals surface area contributed by atoms with Gasteiger partial charge in [-0.2, -0.15) is 0 Å². The van der Waals surface area contributed by atoms with Crippen molar-refractivity contribution in [2.24, 2.45) is 20.7 Å². The van der Waals surface area contributed by atoms with Crippen LogP contribution in [0.3, 0.4) is 0 Å². The van der Waals surface area contributed by atoms with E-state index in [1.54, 1.807) is 7.11 Å². The van der Waals surface area contributed by atoms with Crippen molar-refractivity contribution in [2.75, 3.05) is 7.11 Å². The molecule has 0 unspecified atom stereocenters. The lowest BCUT2D eigenvalue weighted by Gasteiger charge is -2.17.